The van der Waals surface area contributed by atoms with Gasteiger partial charge < -0.3 is 4.90 Å². The first kappa shape index (κ1) is 19.3. The first-order chi connectivity index (χ1) is 12.2. The fraction of sp³-hybridized carbons (Fsp3) is 0.611. The number of amides is 1. The molecule has 0 radical (unpaired) electrons. The predicted molar refractivity (Wildman–Crippen MR) is 96.3 cm³/mol. The molecule has 1 spiro atoms. The lowest BCUT2D eigenvalue weighted by Crippen LogP contribution is -2.58. The van der Waals surface area contributed by atoms with Crippen LogP contribution in [0.25, 0.3) is 0 Å². The van der Waals surface area contributed by atoms with E-state index in [1.807, 2.05) is 0 Å². The second kappa shape index (κ2) is 6.90. The predicted octanol–water partition coefficient (Wildman–Crippen LogP) is 1.78. The van der Waals surface area contributed by atoms with Crippen LogP contribution in [0.3, 0.4) is 0 Å². The molecule has 2 saturated heterocycles. The van der Waals surface area contributed by atoms with Crippen LogP contribution in [0.15, 0.2) is 29.2 Å². The van der Waals surface area contributed by atoms with Crippen molar-refractivity contribution in [3.8, 4) is 0 Å². The van der Waals surface area contributed by atoms with Gasteiger partial charge in [0.2, 0.25) is 15.9 Å². The number of nitrogens with zero attached hydrogens (tertiary/aromatic N) is 2. The minimum atomic E-state index is -3.66. The molecule has 26 heavy (non-hydrogen) atoms. The Morgan fingerprint density at radius 3 is 2.38 bits per heavy atom. The van der Waals surface area contributed by atoms with Crippen LogP contribution >= 0.6 is 0 Å². The highest BCUT2D eigenvalue weighted by Crippen LogP contribution is 2.35. The second-order valence-corrected chi connectivity index (χ2v) is 9.23. The van der Waals surface area contributed by atoms with E-state index in [4.69, 9.17) is 0 Å². The Labute approximate surface area is 154 Å². The van der Waals surface area contributed by atoms with Crippen molar-refractivity contribution in [3.05, 3.63) is 30.1 Å². The first-order valence-corrected chi connectivity index (χ1v) is 10.5. The van der Waals surface area contributed by atoms with Crippen LogP contribution in [0.5, 0.6) is 0 Å². The van der Waals surface area contributed by atoms with Gasteiger partial charge in [0.1, 0.15) is 5.82 Å². The maximum absolute atomic E-state index is 13.1. The van der Waals surface area contributed by atoms with E-state index >= 15 is 0 Å². The van der Waals surface area contributed by atoms with E-state index < -0.39 is 21.5 Å². The second-order valence-electron chi connectivity index (χ2n) is 7.29. The Balaban J connectivity index is 1.75. The Bertz CT molecular complexity index is 773. The van der Waals surface area contributed by atoms with Crippen molar-refractivity contribution < 1.29 is 17.6 Å². The van der Waals surface area contributed by atoms with E-state index in [0.717, 1.165) is 18.6 Å². The molecule has 0 bridgehead atoms. The van der Waals surface area contributed by atoms with Gasteiger partial charge in [0.25, 0.3) is 0 Å². The average Bonchev–Trinajstić information content (AvgIpc) is 2.87. The molecule has 0 unspecified atom stereocenters. The highest BCUT2D eigenvalue weighted by Gasteiger charge is 2.51. The zero-order chi connectivity index (χ0) is 19.1. The van der Waals surface area contributed by atoms with Crippen LogP contribution in [0.1, 0.15) is 33.1 Å². The molecule has 0 aliphatic carbocycles. The minimum Gasteiger partial charge on any atom is -0.326 e. The summed E-state index contributed by atoms with van der Waals surface area (Å²) in [5, 5.41) is 3.48. The van der Waals surface area contributed by atoms with Crippen molar-refractivity contribution >= 4 is 15.9 Å². The fourth-order valence-corrected chi connectivity index (χ4v) is 5.26. The van der Waals surface area contributed by atoms with Crippen molar-refractivity contribution in [2.45, 2.75) is 49.7 Å². The molecule has 1 N–H and O–H groups in total. The Morgan fingerprint density at radius 1 is 1.27 bits per heavy atom. The van der Waals surface area contributed by atoms with Crippen LogP contribution < -0.4 is 5.32 Å². The van der Waals surface area contributed by atoms with Gasteiger partial charge in [0, 0.05) is 20.1 Å². The number of sulfonamides is 1. The molecule has 2 aliphatic rings. The molecular formula is C18H26FN3O3S. The van der Waals surface area contributed by atoms with E-state index in [-0.39, 0.29) is 22.8 Å². The Hall–Kier alpha value is -1.51. The summed E-state index contributed by atoms with van der Waals surface area (Å²) in [7, 11) is -1.86. The van der Waals surface area contributed by atoms with Crippen molar-refractivity contribution in [1.29, 1.82) is 0 Å². The summed E-state index contributed by atoms with van der Waals surface area (Å²) < 4.78 is 40.0. The third-order valence-electron chi connectivity index (χ3n) is 5.88. The van der Waals surface area contributed by atoms with Gasteiger partial charge >= 0.3 is 0 Å². The Morgan fingerprint density at radius 2 is 1.85 bits per heavy atom. The number of carbonyl (C=O) groups is 1. The lowest BCUT2D eigenvalue weighted by atomic mass is 9.96. The summed E-state index contributed by atoms with van der Waals surface area (Å²) in [6.07, 6.45) is 1.96. The van der Waals surface area contributed by atoms with Gasteiger partial charge in [-0.2, -0.15) is 4.31 Å². The zero-order valence-electron chi connectivity index (χ0n) is 15.4. The third-order valence-corrected chi connectivity index (χ3v) is 7.79. The largest absolute Gasteiger partial charge is 0.326 e. The molecule has 8 heteroatoms. The molecule has 2 fully saturated rings. The third kappa shape index (κ3) is 3.14. The van der Waals surface area contributed by atoms with Gasteiger partial charge in [-0.1, -0.05) is 20.3 Å². The van der Waals surface area contributed by atoms with Crippen LogP contribution in [-0.4, -0.2) is 55.4 Å². The summed E-state index contributed by atoms with van der Waals surface area (Å²) in [6.45, 7) is 4.74. The molecule has 2 aliphatic heterocycles. The molecule has 0 aromatic heterocycles. The van der Waals surface area contributed by atoms with Crippen LogP contribution in [0, 0.1) is 11.7 Å². The van der Waals surface area contributed by atoms with E-state index in [2.05, 4.69) is 19.2 Å². The van der Waals surface area contributed by atoms with E-state index in [1.54, 1.807) is 11.9 Å². The number of carbonyl (C=O) groups excluding carboxylic acids is 1. The van der Waals surface area contributed by atoms with Gasteiger partial charge in [0.15, 0.2) is 0 Å². The van der Waals surface area contributed by atoms with Crippen LogP contribution in [0.4, 0.5) is 4.39 Å². The fourth-order valence-electron chi connectivity index (χ4n) is 3.82. The van der Waals surface area contributed by atoms with Crippen LogP contribution in [-0.2, 0) is 14.8 Å². The van der Waals surface area contributed by atoms with Crippen molar-refractivity contribution in [3.63, 3.8) is 0 Å². The summed E-state index contributed by atoms with van der Waals surface area (Å²) in [4.78, 5) is 14.5. The van der Waals surface area contributed by atoms with Crippen molar-refractivity contribution in [1.82, 2.24) is 14.5 Å². The van der Waals surface area contributed by atoms with Crippen molar-refractivity contribution in [2.24, 2.45) is 5.92 Å². The molecule has 3 rings (SSSR count). The topological polar surface area (TPSA) is 69.7 Å². The average molecular weight is 383 g/mol. The molecule has 144 valence electrons. The maximum Gasteiger partial charge on any atom is 0.243 e. The highest BCUT2D eigenvalue weighted by molar-refractivity contribution is 7.89. The number of hydrogen-bond donors (Lipinski definition) is 1. The van der Waals surface area contributed by atoms with E-state index in [0.29, 0.717) is 25.9 Å². The molecule has 1 amide bonds. The molecule has 0 saturated carbocycles. The number of likely N-dealkylation sites (N-methyl/N-ethyl adjacent to an activating group) is 1. The van der Waals surface area contributed by atoms with E-state index in [1.165, 1.54) is 16.4 Å². The molecule has 2 atom stereocenters. The number of piperidine rings is 1. The maximum atomic E-state index is 13.1. The first-order valence-electron chi connectivity index (χ1n) is 9.02. The lowest BCUT2D eigenvalue weighted by molar-refractivity contribution is -0.132. The van der Waals surface area contributed by atoms with Gasteiger partial charge in [-0.05, 0) is 43.0 Å². The molecule has 2 heterocycles. The number of hydrogen-bond acceptors (Lipinski definition) is 4. The highest BCUT2D eigenvalue weighted by atomic mass is 32.2. The SMILES string of the molecule is CC[C@H](C)[C@H]1NC2(CCN(S(=O)(=O)c3ccc(F)cc3)CC2)N(C)C1=O. The number of nitrogens with one attached hydrogen (secondary N) is 1. The normalized spacial score (nSPS) is 25.0. The monoisotopic (exact) mass is 383 g/mol. The smallest absolute Gasteiger partial charge is 0.243 e. The van der Waals surface area contributed by atoms with Crippen LogP contribution in [0.2, 0.25) is 0 Å². The van der Waals surface area contributed by atoms with Gasteiger partial charge in [-0.25, -0.2) is 12.8 Å². The summed E-state index contributed by atoms with van der Waals surface area (Å²) in [5.41, 5.74) is -0.486. The molecular weight excluding hydrogens is 357 g/mol. The zero-order valence-corrected chi connectivity index (χ0v) is 16.2. The number of halogens is 1. The molecule has 6 nitrogen and oxygen atoms in total. The minimum absolute atomic E-state index is 0.0780. The standard InChI is InChI=1S/C18H26FN3O3S/c1-4-13(2)16-17(23)21(3)18(20-16)9-11-22(12-10-18)26(24,25)15-7-5-14(19)6-8-15/h5-8,13,16,20H,4,9-12H2,1-3H3/t13-,16+/m0/s1. The number of rotatable bonds is 4. The quantitative estimate of drug-likeness (QED) is 0.861. The van der Waals surface area contributed by atoms with Gasteiger partial charge in [0.05, 0.1) is 16.6 Å². The van der Waals surface area contributed by atoms with Crippen molar-refractivity contribution in [2.75, 3.05) is 20.1 Å². The summed E-state index contributed by atoms with van der Waals surface area (Å²) >= 11 is 0. The van der Waals surface area contributed by atoms with Gasteiger partial charge in [-0.15, -0.1) is 0 Å². The van der Waals surface area contributed by atoms with Gasteiger partial charge in [-0.3, -0.25) is 10.1 Å². The number of benzene rings is 1. The molecule has 1 aromatic carbocycles. The Kier molecular flexibility index (Phi) is 5.11. The van der Waals surface area contributed by atoms with E-state index in [9.17, 15) is 17.6 Å². The lowest BCUT2D eigenvalue weighted by Gasteiger charge is -2.42. The molecule has 1 aromatic rings. The summed E-state index contributed by atoms with van der Waals surface area (Å²) in [5.74, 6) is -0.160. The summed E-state index contributed by atoms with van der Waals surface area (Å²) in [6, 6.07) is 4.67.